The molecule has 0 bridgehead atoms. The first-order valence-electron chi connectivity index (χ1n) is 13.0. The number of ether oxygens (including phenoxy) is 4. The largest absolute Gasteiger partial charge is 0.482 e. The summed E-state index contributed by atoms with van der Waals surface area (Å²) in [4.78, 5) is 3.42. The fourth-order valence-electron chi connectivity index (χ4n) is 3.82. The number of H-pyrrole nitrogens is 1. The fraction of sp³-hybridized carbons (Fsp3) is 0.281. The molecule has 0 saturated carbocycles. The van der Waals surface area contributed by atoms with Crippen LogP contribution in [0.15, 0.2) is 97.1 Å². The van der Waals surface area contributed by atoms with Gasteiger partial charge in [-0.1, -0.05) is 111 Å². The van der Waals surface area contributed by atoms with Crippen molar-refractivity contribution in [3.05, 3.63) is 119 Å². The first kappa shape index (κ1) is 26.2. The summed E-state index contributed by atoms with van der Waals surface area (Å²) in [5.41, 5.74) is 4.10. The Morgan fingerprint density at radius 2 is 1.11 bits per heavy atom. The van der Waals surface area contributed by atoms with Crippen molar-refractivity contribution in [2.24, 2.45) is 0 Å². The van der Waals surface area contributed by atoms with Gasteiger partial charge in [0.2, 0.25) is 5.75 Å². The Hall–Kier alpha value is -3.83. The maximum Gasteiger partial charge on any atom is 0.410 e. The summed E-state index contributed by atoms with van der Waals surface area (Å²) < 4.78 is 24.7. The predicted octanol–water partition coefficient (Wildman–Crippen LogP) is 6.94. The van der Waals surface area contributed by atoms with E-state index < -0.39 is 0 Å². The molecule has 1 heterocycles. The fourth-order valence-corrected chi connectivity index (χ4v) is 3.82. The zero-order chi connectivity index (χ0) is 25.5. The summed E-state index contributed by atoms with van der Waals surface area (Å²) in [5.74, 6) is 1.90. The minimum Gasteiger partial charge on any atom is -0.482 e. The SMILES string of the molecule is CCCCCOc1[nH+]c(COCc2ccccc2)c(OCc2ccccc2)cc1OCc1ccccc1. The van der Waals surface area contributed by atoms with Crippen LogP contribution in [0.3, 0.4) is 0 Å². The molecule has 4 aromatic rings. The number of hydrogen-bond donors (Lipinski definition) is 0. The van der Waals surface area contributed by atoms with Crippen LogP contribution in [-0.2, 0) is 31.2 Å². The molecular weight excluding hydrogens is 462 g/mol. The standard InChI is InChI=1S/C32H35NO4/c1-2-3-13-20-35-32-31(37-24-28-18-11-6-12-19-28)21-30(36-23-27-16-9-5-10-17-27)29(33-32)25-34-22-26-14-7-4-8-15-26/h4-12,14-19,21H,2-3,13,20,22-25H2,1H3/p+1. The van der Waals surface area contributed by atoms with E-state index in [1.165, 1.54) is 0 Å². The Kier molecular flexibility index (Phi) is 10.4. The van der Waals surface area contributed by atoms with Gasteiger partial charge in [-0.05, 0) is 23.1 Å². The highest BCUT2D eigenvalue weighted by molar-refractivity contribution is 5.39. The lowest BCUT2D eigenvalue weighted by Gasteiger charge is -2.13. The molecule has 0 radical (unpaired) electrons. The van der Waals surface area contributed by atoms with E-state index in [1.54, 1.807) is 0 Å². The molecule has 0 aliphatic heterocycles. The average Bonchev–Trinajstić information content (AvgIpc) is 2.95. The maximum absolute atomic E-state index is 6.27. The van der Waals surface area contributed by atoms with E-state index >= 15 is 0 Å². The van der Waals surface area contributed by atoms with Gasteiger partial charge in [-0.3, -0.25) is 0 Å². The van der Waals surface area contributed by atoms with Crippen LogP contribution in [0.5, 0.6) is 17.4 Å². The summed E-state index contributed by atoms with van der Waals surface area (Å²) in [6.45, 7) is 4.52. The van der Waals surface area contributed by atoms with Gasteiger partial charge in [0, 0.05) is 6.07 Å². The molecule has 1 aromatic heterocycles. The molecule has 192 valence electrons. The van der Waals surface area contributed by atoms with Crippen LogP contribution < -0.4 is 19.2 Å². The Morgan fingerprint density at radius 1 is 0.568 bits per heavy atom. The molecule has 4 rings (SSSR count). The number of aromatic nitrogens is 1. The summed E-state index contributed by atoms with van der Waals surface area (Å²) in [6.07, 6.45) is 3.23. The van der Waals surface area contributed by atoms with Crippen molar-refractivity contribution in [1.82, 2.24) is 0 Å². The van der Waals surface area contributed by atoms with Crippen LogP contribution in [-0.4, -0.2) is 6.61 Å². The Morgan fingerprint density at radius 3 is 1.68 bits per heavy atom. The van der Waals surface area contributed by atoms with Crippen LogP contribution in [0.1, 0.15) is 48.6 Å². The highest BCUT2D eigenvalue weighted by Crippen LogP contribution is 2.31. The van der Waals surface area contributed by atoms with E-state index in [9.17, 15) is 0 Å². The highest BCUT2D eigenvalue weighted by Gasteiger charge is 2.23. The first-order chi connectivity index (χ1) is 18.3. The third-order valence-electron chi connectivity index (χ3n) is 5.87. The molecule has 0 amide bonds. The molecule has 0 saturated heterocycles. The van der Waals surface area contributed by atoms with Crippen LogP contribution >= 0.6 is 0 Å². The van der Waals surface area contributed by atoms with E-state index in [4.69, 9.17) is 18.9 Å². The van der Waals surface area contributed by atoms with Gasteiger partial charge in [0.05, 0.1) is 13.2 Å². The summed E-state index contributed by atoms with van der Waals surface area (Å²) >= 11 is 0. The molecule has 3 aromatic carbocycles. The lowest BCUT2D eigenvalue weighted by atomic mass is 10.2. The number of hydrogen-bond acceptors (Lipinski definition) is 4. The van der Waals surface area contributed by atoms with Crippen molar-refractivity contribution in [2.75, 3.05) is 6.61 Å². The van der Waals surface area contributed by atoms with E-state index in [2.05, 4.69) is 24.0 Å². The Labute approximate surface area is 220 Å². The number of rotatable bonds is 15. The molecule has 0 unspecified atom stereocenters. The second-order valence-electron chi connectivity index (χ2n) is 8.89. The topological polar surface area (TPSA) is 51.1 Å². The highest BCUT2D eigenvalue weighted by atomic mass is 16.5. The Bertz CT molecular complexity index is 1180. The molecule has 0 spiro atoms. The second-order valence-corrected chi connectivity index (χ2v) is 8.89. The van der Waals surface area contributed by atoms with Crippen LogP contribution in [0.25, 0.3) is 0 Å². The molecule has 0 aliphatic rings. The average molecular weight is 499 g/mol. The summed E-state index contributed by atoms with van der Waals surface area (Å²) in [5, 5.41) is 0. The van der Waals surface area contributed by atoms with Gasteiger partial charge in [0.15, 0.2) is 5.75 Å². The smallest absolute Gasteiger partial charge is 0.410 e. The minimum atomic E-state index is 0.350. The normalized spacial score (nSPS) is 10.7. The van der Waals surface area contributed by atoms with Gasteiger partial charge in [-0.2, -0.15) is 4.98 Å². The molecule has 0 fully saturated rings. The molecule has 1 N–H and O–H groups in total. The third kappa shape index (κ3) is 8.65. The van der Waals surface area contributed by atoms with Crippen molar-refractivity contribution in [3.63, 3.8) is 0 Å². The van der Waals surface area contributed by atoms with Gasteiger partial charge < -0.3 is 18.9 Å². The molecular formula is C32H36NO4+. The lowest BCUT2D eigenvalue weighted by Crippen LogP contribution is -2.20. The monoisotopic (exact) mass is 498 g/mol. The van der Waals surface area contributed by atoms with Gasteiger partial charge in [0.1, 0.15) is 19.8 Å². The summed E-state index contributed by atoms with van der Waals surface area (Å²) in [6, 6.07) is 32.3. The van der Waals surface area contributed by atoms with Gasteiger partial charge in [-0.25, -0.2) is 0 Å². The number of nitrogens with one attached hydrogen (secondary N) is 1. The number of pyridine rings is 1. The van der Waals surface area contributed by atoms with Gasteiger partial charge >= 0.3 is 5.88 Å². The lowest BCUT2D eigenvalue weighted by molar-refractivity contribution is -0.413. The van der Waals surface area contributed by atoms with E-state index in [-0.39, 0.29) is 0 Å². The zero-order valence-corrected chi connectivity index (χ0v) is 21.5. The Balaban J connectivity index is 1.55. The van der Waals surface area contributed by atoms with E-state index in [0.717, 1.165) is 41.6 Å². The molecule has 37 heavy (non-hydrogen) atoms. The van der Waals surface area contributed by atoms with E-state index in [1.807, 2.05) is 84.9 Å². The third-order valence-corrected chi connectivity index (χ3v) is 5.87. The molecule has 0 atom stereocenters. The summed E-state index contributed by atoms with van der Waals surface area (Å²) in [7, 11) is 0. The van der Waals surface area contributed by atoms with Crippen molar-refractivity contribution in [3.8, 4) is 17.4 Å². The maximum atomic E-state index is 6.27. The number of aromatic amines is 1. The second kappa shape index (κ2) is 14.7. The molecule has 5 nitrogen and oxygen atoms in total. The van der Waals surface area contributed by atoms with Crippen molar-refractivity contribution < 1.29 is 23.9 Å². The van der Waals surface area contributed by atoms with Crippen LogP contribution in [0.2, 0.25) is 0 Å². The van der Waals surface area contributed by atoms with Gasteiger partial charge in [-0.15, -0.1) is 0 Å². The minimum absolute atomic E-state index is 0.350. The molecule has 5 heteroatoms. The van der Waals surface area contributed by atoms with Crippen molar-refractivity contribution in [2.45, 2.75) is 52.6 Å². The van der Waals surface area contributed by atoms with Crippen molar-refractivity contribution in [1.29, 1.82) is 0 Å². The number of unbranched alkanes of at least 4 members (excludes halogenated alkanes) is 2. The van der Waals surface area contributed by atoms with Crippen molar-refractivity contribution >= 4 is 0 Å². The first-order valence-corrected chi connectivity index (χ1v) is 13.0. The van der Waals surface area contributed by atoms with Crippen LogP contribution in [0.4, 0.5) is 0 Å². The quantitative estimate of drug-likeness (QED) is 0.167. The zero-order valence-electron chi connectivity index (χ0n) is 21.5. The number of benzene rings is 3. The van der Waals surface area contributed by atoms with E-state index in [0.29, 0.717) is 50.4 Å². The predicted molar refractivity (Wildman–Crippen MR) is 145 cm³/mol. The van der Waals surface area contributed by atoms with Gasteiger partial charge in [0.25, 0.3) is 5.69 Å². The molecule has 0 aliphatic carbocycles. The van der Waals surface area contributed by atoms with Crippen LogP contribution in [0, 0.1) is 0 Å².